The zero-order chi connectivity index (χ0) is 12.4. The van der Waals surface area contributed by atoms with Crippen LogP contribution in [0.4, 0.5) is 6.01 Å². The summed E-state index contributed by atoms with van der Waals surface area (Å²) in [6, 6.07) is 8.31. The third-order valence-corrected chi connectivity index (χ3v) is 3.12. The molecule has 1 aromatic heterocycles. The van der Waals surface area contributed by atoms with Crippen LogP contribution in [-0.4, -0.2) is 49.3 Å². The Hall–Kier alpha value is -1.59. The van der Waals surface area contributed by atoms with Crippen molar-refractivity contribution in [2.45, 2.75) is 6.10 Å². The molecule has 1 aliphatic heterocycles. The number of rotatable bonds is 3. The molecule has 1 unspecified atom stereocenters. The quantitative estimate of drug-likeness (QED) is 0.892. The summed E-state index contributed by atoms with van der Waals surface area (Å²) in [6.45, 7) is 3.44. The zero-order valence-corrected chi connectivity index (χ0v) is 10.4. The van der Waals surface area contributed by atoms with E-state index in [2.05, 4.69) is 22.2 Å². The molecule has 0 bridgehead atoms. The molecule has 2 aromatic rings. The molecule has 1 saturated heterocycles. The lowest BCUT2D eigenvalue weighted by Crippen LogP contribution is -2.43. The number of hydrogen-bond donors (Lipinski definition) is 1. The summed E-state index contributed by atoms with van der Waals surface area (Å²) in [5.41, 5.74) is 1.68. The summed E-state index contributed by atoms with van der Waals surface area (Å²) in [4.78, 5) is 6.63. The number of anilines is 1. The van der Waals surface area contributed by atoms with Crippen LogP contribution < -0.4 is 5.32 Å². The minimum atomic E-state index is 0.193. The highest BCUT2D eigenvalue weighted by atomic mass is 16.5. The van der Waals surface area contributed by atoms with E-state index >= 15 is 0 Å². The van der Waals surface area contributed by atoms with E-state index in [4.69, 9.17) is 9.15 Å². The Morgan fingerprint density at radius 3 is 3.17 bits per heavy atom. The van der Waals surface area contributed by atoms with E-state index in [1.807, 2.05) is 24.3 Å². The summed E-state index contributed by atoms with van der Waals surface area (Å²) in [7, 11) is 2.11. The van der Waals surface area contributed by atoms with Crippen LogP contribution in [-0.2, 0) is 4.74 Å². The number of nitrogens with zero attached hydrogens (tertiary/aromatic N) is 2. The Kier molecular flexibility index (Phi) is 3.17. The maximum Gasteiger partial charge on any atom is 0.295 e. The standard InChI is InChI=1S/C13H17N3O2/c1-16-6-7-17-10(9-16)8-14-13-15-11-4-2-3-5-12(11)18-13/h2-5,10H,6-9H2,1H3,(H,14,15). The Balaban J connectivity index is 1.62. The topological polar surface area (TPSA) is 50.5 Å². The first-order chi connectivity index (χ1) is 8.81. The molecule has 5 nitrogen and oxygen atoms in total. The van der Waals surface area contributed by atoms with Gasteiger partial charge >= 0.3 is 0 Å². The number of benzene rings is 1. The lowest BCUT2D eigenvalue weighted by molar-refractivity contribution is -0.0119. The summed E-state index contributed by atoms with van der Waals surface area (Å²) in [6.07, 6.45) is 0.193. The number of morpholine rings is 1. The lowest BCUT2D eigenvalue weighted by Gasteiger charge is -2.29. The van der Waals surface area contributed by atoms with Gasteiger partial charge in [0, 0.05) is 19.6 Å². The van der Waals surface area contributed by atoms with Crippen molar-refractivity contribution in [3.63, 3.8) is 0 Å². The van der Waals surface area contributed by atoms with Gasteiger partial charge in [0.15, 0.2) is 5.58 Å². The molecule has 1 fully saturated rings. The first kappa shape index (κ1) is 11.5. The van der Waals surface area contributed by atoms with Gasteiger partial charge in [0.05, 0.1) is 12.7 Å². The van der Waals surface area contributed by atoms with E-state index in [-0.39, 0.29) is 6.10 Å². The average Bonchev–Trinajstić information content (AvgIpc) is 2.79. The second kappa shape index (κ2) is 4.96. The molecule has 1 atom stereocenters. The lowest BCUT2D eigenvalue weighted by atomic mass is 10.3. The number of nitrogens with one attached hydrogen (secondary N) is 1. The summed E-state index contributed by atoms with van der Waals surface area (Å²) in [5.74, 6) is 0. The maximum absolute atomic E-state index is 5.67. The van der Waals surface area contributed by atoms with E-state index < -0.39 is 0 Å². The molecule has 0 amide bonds. The van der Waals surface area contributed by atoms with Crippen molar-refractivity contribution in [2.75, 3.05) is 38.6 Å². The first-order valence-electron chi connectivity index (χ1n) is 6.21. The van der Waals surface area contributed by atoms with Gasteiger partial charge in [-0.15, -0.1) is 0 Å². The van der Waals surface area contributed by atoms with Crippen LogP contribution >= 0.6 is 0 Å². The molecule has 0 aliphatic carbocycles. The third-order valence-electron chi connectivity index (χ3n) is 3.12. The molecule has 2 heterocycles. The SMILES string of the molecule is CN1CCOC(CNc2nc3ccccc3o2)C1. The highest BCUT2D eigenvalue weighted by molar-refractivity contribution is 5.74. The smallest absolute Gasteiger partial charge is 0.295 e. The van der Waals surface area contributed by atoms with Crippen LogP contribution in [0.25, 0.3) is 11.1 Å². The third kappa shape index (κ3) is 2.47. The molecular weight excluding hydrogens is 230 g/mol. The van der Waals surface area contributed by atoms with E-state index in [1.165, 1.54) is 0 Å². The molecule has 3 rings (SSSR count). The normalized spacial score (nSPS) is 21.3. The van der Waals surface area contributed by atoms with E-state index in [0.717, 1.165) is 37.3 Å². The van der Waals surface area contributed by atoms with Gasteiger partial charge in [-0.2, -0.15) is 4.98 Å². The number of aromatic nitrogens is 1. The van der Waals surface area contributed by atoms with Crippen molar-refractivity contribution >= 4 is 17.1 Å². The Bertz CT molecular complexity index is 493. The predicted molar refractivity (Wildman–Crippen MR) is 69.7 cm³/mol. The monoisotopic (exact) mass is 247 g/mol. The molecule has 1 aliphatic rings. The van der Waals surface area contributed by atoms with Crippen molar-refractivity contribution in [3.05, 3.63) is 24.3 Å². The molecule has 0 spiro atoms. The van der Waals surface area contributed by atoms with E-state index in [9.17, 15) is 0 Å². The maximum atomic E-state index is 5.67. The van der Waals surface area contributed by atoms with Gasteiger partial charge in [0.1, 0.15) is 5.52 Å². The fourth-order valence-electron chi connectivity index (χ4n) is 2.14. The second-order valence-electron chi connectivity index (χ2n) is 4.62. The number of oxazole rings is 1. The van der Waals surface area contributed by atoms with Crippen molar-refractivity contribution in [1.82, 2.24) is 9.88 Å². The van der Waals surface area contributed by atoms with Crippen molar-refractivity contribution in [1.29, 1.82) is 0 Å². The molecule has 1 aromatic carbocycles. The molecule has 0 radical (unpaired) electrons. The van der Waals surface area contributed by atoms with Gasteiger partial charge in [0.2, 0.25) is 0 Å². The van der Waals surface area contributed by atoms with Crippen LogP contribution in [0.1, 0.15) is 0 Å². The van der Waals surface area contributed by atoms with Gasteiger partial charge in [-0.25, -0.2) is 0 Å². The highest BCUT2D eigenvalue weighted by Gasteiger charge is 2.18. The number of para-hydroxylation sites is 2. The van der Waals surface area contributed by atoms with Crippen LogP contribution in [0.2, 0.25) is 0 Å². The van der Waals surface area contributed by atoms with E-state index in [1.54, 1.807) is 0 Å². The minimum Gasteiger partial charge on any atom is -0.424 e. The number of hydrogen-bond acceptors (Lipinski definition) is 5. The Morgan fingerprint density at radius 2 is 2.33 bits per heavy atom. The number of likely N-dealkylation sites (N-methyl/N-ethyl adjacent to an activating group) is 1. The summed E-state index contributed by atoms with van der Waals surface area (Å²) in [5, 5.41) is 3.19. The minimum absolute atomic E-state index is 0.193. The van der Waals surface area contributed by atoms with Crippen molar-refractivity contribution < 1.29 is 9.15 Å². The predicted octanol–water partition coefficient (Wildman–Crippen LogP) is 1.57. The molecule has 1 N–H and O–H groups in total. The van der Waals surface area contributed by atoms with E-state index in [0.29, 0.717) is 6.01 Å². The number of ether oxygens (including phenoxy) is 1. The Labute approximate surface area is 106 Å². The van der Waals surface area contributed by atoms with Crippen LogP contribution in [0, 0.1) is 0 Å². The van der Waals surface area contributed by atoms with Crippen molar-refractivity contribution in [2.24, 2.45) is 0 Å². The fraction of sp³-hybridized carbons (Fsp3) is 0.462. The van der Waals surface area contributed by atoms with Gasteiger partial charge in [-0.3, -0.25) is 0 Å². The molecule has 5 heteroatoms. The fourth-order valence-corrected chi connectivity index (χ4v) is 2.14. The summed E-state index contributed by atoms with van der Waals surface area (Å²) >= 11 is 0. The summed E-state index contributed by atoms with van der Waals surface area (Å²) < 4.78 is 11.3. The van der Waals surface area contributed by atoms with Gasteiger partial charge in [-0.1, -0.05) is 12.1 Å². The highest BCUT2D eigenvalue weighted by Crippen LogP contribution is 2.18. The van der Waals surface area contributed by atoms with Crippen LogP contribution in [0.5, 0.6) is 0 Å². The first-order valence-corrected chi connectivity index (χ1v) is 6.21. The van der Waals surface area contributed by atoms with Crippen LogP contribution in [0.3, 0.4) is 0 Å². The molecule has 96 valence electrons. The largest absolute Gasteiger partial charge is 0.424 e. The average molecular weight is 247 g/mol. The molecule has 18 heavy (non-hydrogen) atoms. The van der Waals surface area contributed by atoms with Crippen LogP contribution in [0.15, 0.2) is 28.7 Å². The molecule has 0 saturated carbocycles. The van der Waals surface area contributed by atoms with Gasteiger partial charge in [-0.05, 0) is 19.2 Å². The zero-order valence-electron chi connectivity index (χ0n) is 10.4. The second-order valence-corrected chi connectivity index (χ2v) is 4.62. The van der Waals surface area contributed by atoms with Crippen molar-refractivity contribution in [3.8, 4) is 0 Å². The van der Waals surface area contributed by atoms with Gasteiger partial charge < -0.3 is 19.4 Å². The number of fused-ring (bicyclic) bond motifs is 1. The Morgan fingerprint density at radius 1 is 1.44 bits per heavy atom. The molecular formula is C13H17N3O2. The van der Waals surface area contributed by atoms with Gasteiger partial charge in [0.25, 0.3) is 6.01 Å².